The van der Waals surface area contributed by atoms with E-state index in [1.165, 1.54) is 12.8 Å². The third-order valence-corrected chi connectivity index (χ3v) is 5.58. The van der Waals surface area contributed by atoms with E-state index >= 15 is 0 Å². The fraction of sp³-hybridized carbons (Fsp3) is 0.632. The minimum Gasteiger partial charge on any atom is -0.370 e. The molecule has 1 aromatic heterocycles. The maximum Gasteiger partial charge on any atom is 0.317 e. The van der Waals surface area contributed by atoms with Gasteiger partial charge in [0.05, 0.1) is 5.56 Å². The molecular weight excluding hydrogens is 330 g/mol. The predicted molar refractivity (Wildman–Crippen MR) is 99.1 cm³/mol. The van der Waals surface area contributed by atoms with Gasteiger partial charge in [-0.2, -0.15) is 0 Å². The summed E-state index contributed by atoms with van der Waals surface area (Å²) in [4.78, 5) is 32.9. The van der Waals surface area contributed by atoms with Gasteiger partial charge in [0.1, 0.15) is 5.82 Å². The van der Waals surface area contributed by atoms with E-state index in [9.17, 15) is 9.59 Å². The predicted octanol–water partition coefficient (Wildman–Crippen LogP) is 1.92. The van der Waals surface area contributed by atoms with Gasteiger partial charge in [-0.3, -0.25) is 4.79 Å². The van der Waals surface area contributed by atoms with Crippen molar-refractivity contribution < 1.29 is 9.59 Å². The molecule has 1 saturated carbocycles. The average molecular weight is 357 g/mol. The minimum atomic E-state index is 0.0350. The number of piperidine rings is 1. The Morgan fingerprint density at radius 2 is 2.00 bits per heavy atom. The molecule has 1 aromatic rings. The second-order valence-corrected chi connectivity index (χ2v) is 7.56. The van der Waals surface area contributed by atoms with E-state index in [1.54, 1.807) is 6.20 Å². The van der Waals surface area contributed by atoms with Crippen molar-refractivity contribution >= 4 is 17.8 Å². The van der Waals surface area contributed by atoms with Crippen LogP contribution in [0.1, 0.15) is 42.5 Å². The van der Waals surface area contributed by atoms with Gasteiger partial charge in [0.2, 0.25) is 0 Å². The van der Waals surface area contributed by atoms with E-state index in [0.717, 1.165) is 50.6 Å². The number of carbonyl (C=O) groups is 2. The van der Waals surface area contributed by atoms with Crippen molar-refractivity contribution in [2.24, 2.45) is 5.92 Å². The lowest BCUT2D eigenvalue weighted by atomic mass is 10.0. The largest absolute Gasteiger partial charge is 0.370 e. The summed E-state index contributed by atoms with van der Waals surface area (Å²) in [5, 5.41) is 6.23. The molecule has 140 valence electrons. The van der Waals surface area contributed by atoms with Crippen LogP contribution in [-0.4, -0.2) is 65.5 Å². The van der Waals surface area contributed by atoms with Crippen LogP contribution in [0.5, 0.6) is 0 Å². The molecule has 0 atom stereocenters. The number of pyridine rings is 1. The lowest BCUT2D eigenvalue weighted by Crippen LogP contribution is -2.54. The Kier molecular flexibility index (Phi) is 4.95. The molecule has 3 fully saturated rings. The van der Waals surface area contributed by atoms with Gasteiger partial charge in [0.15, 0.2) is 0 Å². The van der Waals surface area contributed by atoms with Gasteiger partial charge < -0.3 is 20.4 Å². The fourth-order valence-corrected chi connectivity index (χ4v) is 3.76. The van der Waals surface area contributed by atoms with Crippen LogP contribution in [0.4, 0.5) is 10.6 Å². The summed E-state index contributed by atoms with van der Waals surface area (Å²) in [5.74, 6) is 1.66. The molecule has 7 heteroatoms. The standard InChI is InChI=1S/C19H27N5O2/c25-18(15-4-5-17(22-13-15)21-12-14-2-3-14)23-10-6-16(7-11-23)24-9-1-8-20-19(24)26/h4-5,13-14,16H,1-3,6-12H2,(H,20,26)(H,21,22). The Bertz CT molecular complexity index is 650. The van der Waals surface area contributed by atoms with E-state index in [-0.39, 0.29) is 18.0 Å². The van der Waals surface area contributed by atoms with Crippen molar-refractivity contribution in [3.63, 3.8) is 0 Å². The lowest BCUT2D eigenvalue weighted by Gasteiger charge is -2.40. The highest BCUT2D eigenvalue weighted by atomic mass is 16.2. The Morgan fingerprint density at radius 3 is 2.65 bits per heavy atom. The van der Waals surface area contributed by atoms with Gasteiger partial charge in [0, 0.05) is 45.0 Å². The summed E-state index contributed by atoms with van der Waals surface area (Å²) < 4.78 is 0. The number of hydrogen-bond acceptors (Lipinski definition) is 4. The number of carbonyl (C=O) groups excluding carboxylic acids is 2. The Balaban J connectivity index is 1.29. The van der Waals surface area contributed by atoms with Crippen molar-refractivity contribution in [2.45, 2.75) is 38.1 Å². The maximum absolute atomic E-state index is 12.7. The zero-order valence-corrected chi connectivity index (χ0v) is 15.1. The molecule has 0 radical (unpaired) electrons. The van der Waals surface area contributed by atoms with Gasteiger partial charge in [-0.25, -0.2) is 9.78 Å². The second kappa shape index (κ2) is 7.51. The molecule has 0 bridgehead atoms. The van der Waals surface area contributed by atoms with Crippen LogP contribution in [0.15, 0.2) is 18.3 Å². The molecule has 7 nitrogen and oxygen atoms in total. The summed E-state index contributed by atoms with van der Waals surface area (Å²) >= 11 is 0. The van der Waals surface area contributed by atoms with Crippen LogP contribution in [0.3, 0.4) is 0 Å². The molecule has 0 aromatic carbocycles. The molecule has 3 amide bonds. The van der Waals surface area contributed by atoms with Crippen LogP contribution < -0.4 is 10.6 Å². The van der Waals surface area contributed by atoms with Crippen molar-refractivity contribution in [2.75, 3.05) is 38.0 Å². The van der Waals surface area contributed by atoms with Crippen LogP contribution in [0, 0.1) is 5.92 Å². The average Bonchev–Trinajstić information content (AvgIpc) is 3.51. The molecule has 2 N–H and O–H groups in total. The first kappa shape index (κ1) is 17.1. The van der Waals surface area contributed by atoms with Gasteiger partial charge in [-0.1, -0.05) is 0 Å². The summed E-state index contributed by atoms with van der Waals surface area (Å²) in [6, 6.07) is 4.03. The number of nitrogens with zero attached hydrogens (tertiary/aromatic N) is 3. The monoisotopic (exact) mass is 357 g/mol. The first-order chi connectivity index (χ1) is 12.7. The summed E-state index contributed by atoms with van der Waals surface area (Å²) in [5.41, 5.74) is 0.635. The smallest absolute Gasteiger partial charge is 0.317 e. The van der Waals surface area contributed by atoms with Gasteiger partial charge in [0.25, 0.3) is 5.91 Å². The number of nitrogens with one attached hydrogen (secondary N) is 2. The molecule has 0 spiro atoms. The van der Waals surface area contributed by atoms with Gasteiger partial charge >= 0.3 is 6.03 Å². The molecule has 26 heavy (non-hydrogen) atoms. The van der Waals surface area contributed by atoms with E-state index in [4.69, 9.17) is 0 Å². The van der Waals surface area contributed by atoms with E-state index < -0.39 is 0 Å². The topological polar surface area (TPSA) is 77.6 Å². The minimum absolute atomic E-state index is 0.0350. The molecule has 0 unspecified atom stereocenters. The third-order valence-electron chi connectivity index (χ3n) is 5.58. The van der Waals surface area contributed by atoms with Crippen molar-refractivity contribution in [1.82, 2.24) is 20.1 Å². The van der Waals surface area contributed by atoms with E-state index in [1.807, 2.05) is 21.9 Å². The number of hydrogen-bond donors (Lipinski definition) is 2. The number of aromatic nitrogens is 1. The molecule has 2 aliphatic heterocycles. The van der Waals surface area contributed by atoms with Crippen LogP contribution in [0.25, 0.3) is 0 Å². The SMILES string of the molecule is O=C(c1ccc(NCC2CC2)nc1)N1CCC(N2CCCNC2=O)CC1. The number of likely N-dealkylation sites (tertiary alicyclic amines) is 1. The van der Waals surface area contributed by atoms with Crippen molar-refractivity contribution in [1.29, 1.82) is 0 Å². The normalized spacial score (nSPS) is 21.5. The van der Waals surface area contributed by atoms with E-state index in [0.29, 0.717) is 18.7 Å². The highest BCUT2D eigenvalue weighted by molar-refractivity contribution is 5.94. The Labute approximate surface area is 154 Å². The number of amides is 3. The first-order valence-corrected chi connectivity index (χ1v) is 9.74. The van der Waals surface area contributed by atoms with Gasteiger partial charge in [-0.15, -0.1) is 0 Å². The third kappa shape index (κ3) is 3.92. The zero-order valence-electron chi connectivity index (χ0n) is 15.1. The van der Waals surface area contributed by atoms with E-state index in [2.05, 4.69) is 15.6 Å². The molecule has 4 rings (SSSR count). The highest BCUT2D eigenvalue weighted by Crippen LogP contribution is 2.28. The lowest BCUT2D eigenvalue weighted by molar-refractivity contribution is 0.0642. The fourth-order valence-electron chi connectivity index (χ4n) is 3.76. The summed E-state index contributed by atoms with van der Waals surface area (Å²) in [6.07, 6.45) is 6.96. The second-order valence-electron chi connectivity index (χ2n) is 7.56. The quantitative estimate of drug-likeness (QED) is 0.844. The molecular formula is C19H27N5O2. The number of anilines is 1. The van der Waals surface area contributed by atoms with Crippen molar-refractivity contribution in [3.8, 4) is 0 Å². The van der Waals surface area contributed by atoms with Crippen LogP contribution >= 0.6 is 0 Å². The molecule has 1 aliphatic carbocycles. The molecule has 3 heterocycles. The maximum atomic E-state index is 12.7. The summed E-state index contributed by atoms with van der Waals surface area (Å²) in [7, 11) is 0. The number of rotatable bonds is 5. The first-order valence-electron chi connectivity index (χ1n) is 9.74. The van der Waals surface area contributed by atoms with Crippen LogP contribution in [-0.2, 0) is 0 Å². The Hall–Kier alpha value is -2.31. The zero-order chi connectivity index (χ0) is 17.9. The highest BCUT2D eigenvalue weighted by Gasteiger charge is 2.31. The Morgan fingerprint density at radius 1 is 1.19 bits per heavy atom. The van der Waals surface area contributed by atoms with Crippen LogP contribution in [0.2, 0.25) is 0 Å². The number of urea groups is 1. The van der Waals surface area contributed by atoms with Gasteiger partial charge in [-0.05, 0) is 50.2 Å². The summed E-state index contributed by atoms with van der Waals surface area (Å²) in [6.45, 7) is 3.94. The molecule has 3 aliphatic rings. The van der Waals surface area contributed by atoms with Crippen molar-refractivity contribution in [3.05, 3.63) is 23.9 Å². The molecule has 2 saturated heterocycles.